The highest BCUT2D eigenvalue weighted by molar-refractivity contribution is 4.74. The largest absolute Gasteiger partial charge is 0.395 e. The number of piperidine rings is 1. The van der Waals surface area contributed by atoms with Crippen LogP contribution in [0.1, 0.15) is 19.3 Å². The topological polar surface area (TPSA) is 58.7 Å². The number of hydrogen-bond donors (Lipinski definition) is 2. The van der Waals surface area contributed by atoms with Crippen molar-refractivity contribution in [3.63, 3.8) is 0 Å². The molecule has 0 aromatic rings. The Hall–Kier alpha value is -0.160. The first-order valence-electron chi connectivity index (χ1n) is 5.84. The number of hydrogen-bond acceptors (Lipinski definition) is 4. The minimum absolute atomic E-state index is 0.0622. The molecule has 3 N–H and O–H groups in total. The lowest BCUT2D eigenvalue weighted by atomic mass is 9.98. The van der Waals surface area contributed by atoms with E-state index in [9.17, 15) is 0 Å². The van der Waals surface area contributed by atoms with E-state index >= 15 is 0 Å². The molecule has 1 aliphatic heterocycles. The molecule has 15 heavy (non-hydrogen) atoms. The van der Waals surface area contributed by atoms with Crippen LogP contribution in [0.25, 0.3) is 0 Å². The number of aliphatic hydroxyl groups is 1. The van der Waals surface area contributed by atoms with Crippen LogP contribution in [0.4, 0.5) is 0 Å². The summed E-state index contributed by atoms with van der Waals surface area (Å²) in [5, 5.41) is 8.84. The minimum Gasteiger partial charge on any atom is -0.395 e. The van der Waals surface area contributed by atoms with Crippen molar-refractivity contribution in [1.29, 1.82) is 0 Å². The summed E-state index contributed by atoms with van der Waals surface area (Å²) in [6, 6.07) is -0.0622. The quantitative estimate of drug-likeness (QED) is 0.659. The van der Waals surface area contributed by atoms with Crippen LogP contribution in [0.3, 0.4) is 0 Å². The third-order valence-electron chi connectivity index (χ3n) is 3.06. The second kappa shape index (κ2) is 7.17. The van der Waals surface area contributed by atoms with Gasteiger partial charge in [0.05, 0.1) is 13.2 Å². The molecule has 1 heterocycles. The third kappa shape index (κ3) is 4.93. The minimum atomic E-state index is -0.0622. The first-order valence-corrected chi connectivity index (χ1v) is 5.84. The van der Waals surface area contributed by atoms with E-state index in [1.807, 2.05) is 0 Å². The van der Waals surface area contributed by atoms with Crippen molar-refractivity contribution in [2.24, 2.45) is 11.7 Å². The van der Waals surface area contributed by atoms with Gasteiger partial charge >= 0.3 is 0 Å². The van der Waals surface area contributed by atoms with Gasteiger partial charge in [0.1, 0.15) is 0 Å². The van der Waals surface area contributed by atoms with Crippen molar-refractivity contribution in [2.75, 3.05) is 40.0 Å². The molecule has 0 saturated carbocycles. The van der Waals surface area contributed by atoms with Crippen LogP contribution in [0, 0.1) is 5.92 Å². The predicted molar refractivity (Wildman–Crippen MR) is 60.7 cm³/mol. The Balaban J connectivity index is 2.18. The van der Waals surface area contributed by atoms with E-state index < -0.39 is 0 Å². The second-order valence-electron chi connectivity index (χ2n) is 4.50. The van der Waals surface area contributed by atoms with Crippen LogP contribution in [-0.2, 0) is 4.74 Å². The lowest BCUT2D eigenvalue weighted by Gasteiger charge is -2.32. The molecule has 0 spiro atoms. The van der Waals surface area contributed by atoms with E-state index in [0.29, 0.717) is 5.92 Å². The van der Waals surface area contributed by atoms with Gasteiger partial charge in [-0.05, 0) is 38.3 Å². The van der Waals surface area contributed by atoms with Crippen molar-refractivity contribution in [3.05, 3.63) is 0 Å². The van der Waals surface area contributed by atoms with Gasteiger partial charge in [0.2, 0.25) is 0 Å². The summed E-state index contributed by atoms with van der Waals surface area (Å²) in [6.07, 6.45) is 3.41. The molecule has 0 bridgehead atoms. The molecule has 2 unspecified atom stereocenters. The van der Waals surface area contributed by atoms with Gasteiger partial charge in [-0.2, -0.15) is 0 Å². The average Bonchev–Trinajstić information content (AvgIpc) is 2.27. The van der Waals surface area contributed by atoms with Crippen molar-refractivity contribution >= 4 is 0 Å². The monoisotopic (exact) mass is 216 g/mol. The SMILES string of the molecule is COCC1CCCN(CCC(N)CO)C1. The van der Waals surface area contributed by atoms with E-state index in [1.54, 1.807) is 7.11 Å². The van der Waals surface area contributed by atoms with Crippen LogP contribution in [0.5, 0.6) is 0 Å². The predicted octanol–water partition coefficient (Wildman–Crippen LogP) is 0.0545. The van der Waals surface area contributed by atoms with E-state index in [4.69, 9.17) is 15.6 Å². The molecule has 1 aliphatic rings. The zero-order valence-corrected chi connectivity index (χ0v) is 9.69. The average molecular weight is 216 g/mol. The summed E-state index contributed by atoms with van der Waals surface area (Å²) in [5.41, 5.74) is 5.68. The van der Waals surface area contributed by atoms with Gasteiger partial charge in [0.15, 0.2) is 0 Å². The van der Waals surface area contributed by atoms with Crippen molar-refractivity contribution in [3.8, 4) is 0 Å². The zero-order chi connectivity index (χ0) is 11.1. The number of ether oxygens (including phenoxy) is 1. The number of nitrogens with zero attached hydrogens (tertiary/aromatic N) is 1. The maximum Gasteiger partial charge on any atom is 0.0583 e. The number of nitrogens with two attached hydrogens (primary N) is 1. The van der Waals surface area contributed by atoms with Crippen LogP contribution < -0.4 is 5.73 Å². The van der Waals surface area contributed by atoms with Crippen LogP contribution in [0.15, 0.2) is 0 Å². The normalized spacial score (nSPS) is 25.4. The Labute approximate surface area is 92.4 Å². The molecule has 0 amide bonds. The van der Waals surface area contributed by atoms with Gasteiger partial charge in [-0.15, -0.1) is 0 Å². The maximum atomic E-state index is 8.84. The first kappa shape index (κ1) is 12.9. The first-order chi connectivity index (χ1) is 7.26. The summed E-state index contributed by atoms with van der Waals surface area (Å²) in [6.45, 7) is 4.24. The van der Waals surface area contributed by atoms with Gasteiger partial charge < -0.3 is 20.5 Å². The molecule has 1 fully saturated rings. The molecule has 4 nitrogen and oxygen atoms in total. The molecule has 0 aromatic heterocycles. The Bertz CT molecular complexity index is 165. The molecular weight excluding hydrogens is 192 g/mol. The summed E-state index contributed by atoms with van der Waals surface area (Å²) in [7, 11) is 1.76. The van der Waals surface area contributed by atoms with Gasteiger partial charge in [0.25, 0.3) is 0 Å². The second-order valence-corrected chi connectivity index (χ2v) is 4.50. The van der Waals surface area contributed by atoms with Crippen molar-refractivity contribution in [1.82, 2.24) is 4.90 Å². The number of likely N-dealkylation sites (tertiary alicyclic amines) is 1. The molecule has 4 heteroatoms. The lowest BCUT2D eigenvalue weighted by Crippen LogP contribution is -2.40. The fourth-order valence-corrected chi connectivity index (χ4v) is 2.17. The highest BCUT2D eigenvalue weighted by atomic mass is 16.5. The Morgan fingerprint density at radius 2 is 2.40 bits per heavy atom. The summed E-state index contributed by atoms with van der Waals surface area (Å²) < 4.78 is 5.19. The number of methoxy groups -OCH3 is 1. The van der Waals surface area contributed by atoms with Gasteiger partial charge in [-0.25, -0.2) is 0 Å². The smallest absolute Gasteiger partial charge is 0.0583 e. The zero-order valence-electron chi connectivity index (χ0n) is 9.69. The molecule has 0 aromatic carbocycles. The molecule has 90 valence electrons. The van der Waals surface area contributed by atoms with E-state index in [2.05, 4.69) is 4.90 Å². The molecule has 0 aliphatic carbocycles. The standard InChI is InChI=1S/C11H24N2O2/c1-15-9-10-3-2-5-13(7-10)6-4-11(12)8-14/h10-11,14H,2-9,12H2,1H3. The molecule has 1 rings (SSSR count). The Kier molecular flexibility index (Phi) is 6.17. The fraction of sp³-hybridized carbons (Fsp3) is 1.00. The van der Waals surface area contributed by atoms with Crippen LogP contribution in [0.2, 0.25) is 0 Å². The van der Waals surface area contributed by atoms with Gasteiger partial charge in [-0.3, -0.25) is 0 Å². The van der Waals surface area contributed by atoms with E-state index in [-0.39, 0.29) is 12.6 Å². The molecule has 1 saturated heterocycles. The van der Waals surface area contributed by atoms with Gasteiger partial charge in [-0.1, -0.05) is 0 Å². The summed E-state index contributed by atoms with van der Waals surface area (Å²) in [4.78, 5) is 2.43. The summed E-state index contributed by atoms with van der Waals surface area (Å²) >= 11 is 0. The van der Waals surface area contributed by atoms with E-state index in [1.165, 1.54) is 19.4 Å². The van der Waals surface area contributed by atoms with Crippen LogP contribution in [-0.4, -0.2) is 56.0 Å². The third-order valence-corrected chi connectivity index (χ3v) is 3.06. The van der Waals surface area contributed by atoms with Crippen LogP contribution >= 0.6 is 0 Å². The fourth-order valence-electron chi connectivity index (χ4n) is 2.17. The Morgan fingerprint density at radius 1 is 1.60 bits per heavy atom. The van der Waals surface area contributed by atoms with Crippen molar-refractivity contribution < 1.29 is 9.84 Å². The lowest BCUT2D eigenvalue weighted by molar-refractivity contribution is 0.0880. The molecule has 0 radical (unpaired) electrons. The molecule has 2 atom stereocenters. The highest BCUT2D eigenvalue weighted by Gasteiger charge is 2.19. The Morgan fingerprint density at radius 3 is 3.07 bits per heavy atom. The number of aliphatic hydroxyl groups excluding tert-OH is 1. The van der Waals surface area contributed by atoms with E-state index in [0.717, 1.165) is 26.1 Å². The van der Waals surface area contributed by atoms with Crippen molar-refractivity contribution in [2.45, 2.75) is 25.3 Å². The maximum absolute atomic E-state index is 8.84. The summed E-state index contributed by atoms with van der Waals surface area (Å²) in [5.74, 6) is 0.675. The highest BCUT2D eigenvalue weighted by Crippen LogP contribution is 2.16. The van der Waals surface area contributed by atoms with Gasteiger partial charge in [0, 0.05) is 19.7 Å². The number of rotatable bonds is 6. The molecular formula is C11H24N2O2.